The Hall–Kier alpha value is -1.77. The number of hydrogen-bond donors (Lipinski definition) is 1. The minimum absolute atomic E-state index is 0. The van der Waals surface area contributed by atoms with Gasteiger partial charge in [0.1, 0.15) is 28.8 Å². The zero-order valence-corrected chi connectivity index (χ0v) is 13.6. The summed E-state index contributed by atoms with van der Waals surface area (Å²) < 4.78 is 44.0. The fourth-order valence-electron chi connectivity index (χ4n) is 1.55. The van der Waals surface area contributed by atoms with Crippen molar-refractivity contribution in [3.05, 3.63) is 47.3 Å². The van der Waals surface area contributed by atoms with E-state index in [4.69, 9.17) is 0 Å². The van der Waals surface area contributed by atoms with Crippen LogP contribution in [-0.2, 0) is 4.74 Å². The Bertz CT molecular complexity index is 713. The molecular weight excluding hydrogens is 312 g/mol. The first kappa shape index (κ1) is 18.3. The summed E-state index contributed by atoms with van der Waals surface area (Å²) in [5.74, 6) is -5.61. The molecule has 22 heavy (non-hydrogen) atoms. The van der Waals surface area contributed by atoms with Crippen molar-refractivity contribution in [2.75, 3.05) is 12.4 Å². The topological polar surface area (TPSA) is 74.3 Å². The summed E-state index contributed by atoms with van der Waals surface area (Å²) in [4.78, 5) is 14.8. The second-order valence-corrected chi connectivity index (χ2v) is 3.91. The van der Waals surface area contributed by atoms with Crippen LogP contribution in [0.3, 0.4) is 0 Å². The van der Waals surface area contributed by atoms with Crippen LogP contribution >= 0.6 is 0 Å². The quantitative estimate of drug-likeness (QED) is 0.586. The first-order valence-corrected chi connectivity index (χ1v) is 5.60. The predicted octanol–water partition coefficient (Wildman–Crippen LogP) is -0.893. The van der Waals surface area contributed by atoms with E-state index in [9.17, 15) is 23.1 Å². The summed E-state index contributed by atoms with van der Waals surface area (Å²) in [5, 5.41) is 13.5. The van der Waals surface area contributed by atoms with E-state index in [2.05, 4.69) is 15.0 Å². The Balaban J connectivity index is 0.00000242. The molecule has 0 saturated carbocycles. The number of anilines is 2. The first-order chi connectivity index (χ1) is 9.92. The Kier molecular flexibility index (Phi) is 6.21. The number of ether oxygens (including phenoxy) is 1. The third-order valence-electron chi connectivity index (χ3n) is 2.53. The van der Waals surface area contributed by atoms with Crippen LogP contribution < -0.4 is 40.0 Å². The molecule has 0 atom stereocenters. The third-order valence-corrected chi connectivity index (χ3v) is 2.53. The summed E-state index contributed by atoms with van der Waals surface area (Å²) >= 11 is 0. The van der Waals surface area contributed by atoms with Gasteiger partial charge in [0.15, 0.2) is 0 Å². The number of halogens is 3. The van der Waals surface area contributed by atoms with Crippen molar-refractivity contribution < 1.29 is 57.4 Å². The number of rotatable bonds is 3. The summed E-state index contributed by atoms with van der Waals surface area (Å²) in [6.45, 7) is 0. The van der Waals surface area contributed by atoms with E-state index >= 15 is 0 Å². The van der Waals surface area contributed by atoms with Crippen LogP contribution in [0.1, 0.15) is 10.4 Å². The maximum absolute atomic E-state index is 13.5. The van der Waals surface area contributed by atoms with Gasteiger partial charge < -0.3 is 15.2 Å². The van der Waals surface area contributed by atoms with Gasteiger partial charge in [-0.15, -0.1) is 0 Å². The molecule has 0 radical (unpaired) electrons. The number of esters is 1. The first-order valence-electron chi connectivity index (χ1n) is 5.60. The molecule has 1 aromatic carbocycles. The maximum atomic E-state index is 13.5. The van der Waals surface area contributed by atoms with E-state index in [1.165, 1.54) is 0 Å². The SMILES string of the molecule is COC(=O)c1cc(F)c([O-])nc1Nc1ccc(F)cc1F.[Na+]. The van der Waals surface area contributed by atoms with Gasteiger partial charge in [0.25, 0.3) is 0 Å². The van der Waals surface area contributed by atoms with Crippen LogP contribution in [0.25, 0.3) is 0 Å². The molecule has 1 heterocycles. The molecule has 2 rings (SSSR count). The number of carbonyl (C=O) groups is 1. The fraction of sp³-hybridized carbons (Fsp3) is 0.0769. The van der Waals surface area contributed by atoms with Crippen LogP contribution in [0, 0.1) is 17.5 Å². The molecule has 0 bridgehead atoms. The smallest absolute Gasteiger partial charge is 0.857 e. The van der Waals surface area contributed by atoms with Gasteiger partial charge in [-0.25, -0.2) is 22.9 Å². The van der Waals surface area contributed by atoms with Gasteiger partial charge in [-0.05, 0) is 18.2 Å². The average Bonchev–Trinajstić information content (AvgIpc) is 2.44. The van der Waals surface area contributed by atoms with Crippen LogP contribution in [0.5, 0.6) is 5.88 Å². The van der Waals surface area contributed by atoms with Gasteiger partial charge in [0, 0.05) is 11.9 Å². The number of benzene rings is 1. The molecule has 1 aromatic heterocycles. The van der Waals surface area contributed by atoms with E-state index in [1.807, 2.05) is 0 Å². The molecule has 0 aliphatic carbocycles. The Morgan fingerprint density at radius 2 is 1.91 bits per heavy atom. The number of carbonyl (C=O) groups excluding carboxylic acids is 1. The standard InChI is InChI=1S/C13H9F3N2O3.Na/c1-21-13(20)7-5-9(16)12(19)18-11(7)17-10-3-2-6(14)4-8(10)15;/h2-5H,1H3,(H2,17,18,19);/q;+1/p-1. The molecule has 0 aliphatic heterocycles. The molecule has 9 heteroatoms. The molecule has 0 unspecified atom stereocenters. The van der Waals surface area contributed by atoms with Gasteiger partial charge in [-0.1, -0.05) is 0 Å². The third kappa shape index (κ3) is 3.90. The summed E-state index contributed by atoms with van der Waals surface area (Å²) in [6.07, 6.45) is 0. The van der Waals surface area contributed by atoms with Gasteiger partial charge in [0.05, 0.1) is 12.8 Å². The number of aromatic nitrogens is 1. The van der Waals surface area contributed by atoms with Crippen molar-refractivity contribution in [1.29, 1.82) is 0 Å². The normalized spacial score (nSPS) is 9.82. The number of nitrogens with zero attached hydrogens (tertiary/aromatic N) is 1. The van der Waals surface area contributed by atoms with Gasteiger partial charge >= 0.3 is 35.5 Å². The monoisotopic (exact) mass is 320 g/mol. The van der Waals surface area contributed by atoms with Crippen LogP contribution in [0.15, 0.2) is 24.3 Å². The zero-order chi connectivity index (χ0) is 15.6. The van der Waals surface area contributed by atoms with Crippen molar-refractivity contribution in [3.63, 3.8) is 0 Å². The minimum Gasteiger partial charge on any atom is -0.857 e. The van der Waals surface area contributed by atoms with Crippen LogP contribution in [0.2, 0.25) is 0 Å². The average molecular weight is 320 g/mol. The van der Waals surface area contributed by atoms with Crippen molar-refractivity contribution in [2.45, 2.75) is 0 Å². The maximum Gasteiger partial charge on any atom is 1.00 e. The van der Waals surface area contributed by atoms with Gasteiger partial charge in [-0.3, -0.25) is 0 Å². The Labute approximate surface area is 145 Å². The van der Waals surface area contributed by atoms with Crippen molar-refractivity contribution in [3.8, 4) is 5.88 Å². The number of methoxy groups -OCH3 is 1. The molecule has 0 amide bonds. The number of nitrogens with one attached hydrogen (secondary N) is 1. The molecule has 110 valence electrons. The van der Waals surface area contributed by atoms with E-state index < -0.39 is 40.7 Å². The van der Waals surface area contributed by atoms with Gasteiger partial charge in [-0.2, -0.15) is 0 Å². The number of pyridine rings is 1. The predicted molar refractivity (Wildman–Crippen MR) is 64.6 cm³/mol. The molecule has 1 N–H and O–H groups in total. The van der Waals surface area contributed by atoms with Crippen molar-refractivity contribution in [1.82, 2.24) is 4.98 Å². The van der Waals surface area contributed by atoms with Gasteiger partial charge in [0.2, 0.25) is 0 Å². The van der Waals surface area contributed by atoms with Crippen LogP contribution in [-0.4, -0.2) is 18.1 Å². The van der Waals surface area contributed by atoms with Crippen LogP contribution in [0.4, 0.5) is 24.7 Å². The zero-order valence-electron chi connectivity index (χ0n) is 11.6. The van der Waals surface area contributed by atoms with Crippen molar-refractivity contribution >= 4 is 17.5 Å². The minimum atomic E-state index is -1.25. The summed E-state index contributed by atoms with van der Waals surface area (Å²) in [5.41, 5.74) is -0.626. The molecule has 5 nitrogen and oxygen atoms in total. The Morgan fingerprint density at radius 1 is 1.23 bits per heavy atom. The van der Waals surface area contributed by atoms with E-state index in [1.54, 1.807) is 0 Å². The molecular formula is C13H8F3N2NaO3. The largest absolute Gasteiger partial charge is 1.00 e. The second kappa shape index (κ2) is 7.48. The van der Waals surface area contributed by atoms with E-state index in [-0.39, 0.29) is 35.2 Å². The number of hydrogen-bond acceptors (Lipinski definition) is 5. The summed E-state index contributed by atoms with van der Waals surface area (Å²) in [6, 6.07) is 3.23. The molecule has 0 aliphatic rings. The van der Waals surface area contributed by atoms with E-state index in [0.717, 1.165) is 19.2 Å². The Morgan fingerprint density at radius 3 is 2.50 bits per heavy atom. The van der Waals surface area contributed by atoms with Crippen molar-refractivity contribution in [2.24, 2.45) is 0 Å². The summed E-state index contributed by atoms with van der Waals surface area (Å²) in [7, 11) is 1.05. The molecule has 0 saturated heterocycles. The fourth-order valence-corrected chi connectivity index (χ4v) is 1.55. The molecule has 0 fully saturated rings. The molecule has 2 aromatic rings. The molecule has 0 spiro atoms. The van der Waals surface area contributed by atoms with E-state index in [0.29, 0.717) is 12.1 Å². The second-order valence-electron chi connectivity index (χ2n) is 3.91.